The largest absolute Gasteiger partial charge is 0.441 e. The second-order valence-electron chi connectivity index (χ2n) is 5.65. The molecule has 110 valence electrons. The molecule has 0 aliphatic carbocycles. The van der Waals surface area contributed by atoms with Crippen LogP contribution in [0, 0.1) is 0 Å². The molecular weight excluding hydrogens is 260 g/mol. The first-order valence-corrected chi connectivity index (χ1v) is 7.80. The van der Waals surface area contributed by atoms with Gasteiger partial charge >= 0.3 is 0 Å². The summed E-state index contributed by atoms with van der Waals surface area (Å²) in [7, 11) is 2.05. The van der Waals surface area contributed by atoms with Crippen LogP contribution in [0.25, 0.3) is 12.2 Å². The van der Waals surface area contributed by atoms with E-state index < -0.39 is 0 Å². The molecule has 21 heavy (non-hydrogen) atoms. The van der Waals surface area contributed by atoms with Gasteiger partial charge in [0.05, 0.1) is 0 Å². The number of nitrogens with zero attached hydrogens (tertiary/aromatic N) is 2. The van der Waals surface area contributed by atoms with Crippen molar-refractivity contribution in [3.8, 4) is 0 Å². The third kappa shape index (κ3) is 3.54. The highest BCUT2D eigenvalue weighted by molar-refractivity contribution is 5.65. The Kier molecular flexibility index (Phi) is 4.39. The minimum atomic E-state index is 0.915. The molecule has 1 aliphatic heterocycles. The van der Waals surface area contributed by atoms with Crippen LogP contribution in [0.15, 0.2) is 40.9 Å². The number of furan rings is 1. The average molecular weight is 283 g/mol. The molecule has 0 atom stereocenters. The van der Waals surface area contributed by atoms with Crippen LogP contribution in [0.4, 0.5) is 5.88 Å². The first-order valence-electron chi connectivity index (χ1n) is 7.80. The predicted octanol–water partition coefficient (Wildman–Crippen LogP) is 3.65. The minimum Gasteiger partial charge on any atom is -0.441 e. The fourth-order valence-electron chi connectivity index (χ4n) is 2.77. The number of aryl methyl sites for hydroxylation is 1. The summed E-state index contributed by atoms with van der Waals surface area (Å²) in [6.07, 6.45) is 11.4. The van der Waals surface area contributed by atoms with Crippen molar-refractivity contribution in [3.63, 3.8) is 0 Å². The Hall–Kier alpha value is -2.03. The maximum absolute atomic E-state index is 5.97. The third-order valence-electron chi connectivity index (χ3n) is 4.04. The molecular formula is C18H23N2O+. The van der Waals surface area contributed by atoms with Crippen molar-refractivity contribution in [2.45, 2.75) is 25.7 Å². The van der Waals surface area contributed by atoms with Gasteiger partial charge < -0.3 is 9.32 Å². The maximum Gasteiger partial charge on any atom is 0.205 e. The van der Waals surface area contributed by atoms with E-state index in [0.717, 1.165) is 30.4 Å². The highest BCUT2D eigenvalue weighted by atomic mass is 16.4. The van der Waals surface area contributed by atoms with Crippen molar-refractivity contribution in [2.75, 3.05) is 18.0 Å². The molecule has 3 heterocycles. The minimum absolute atomic E-state index is 0.915. The molecule has 0 amide bonds. The van der Waals surface area contributed by atoms with Crippen molar-refractivity contribution in [3.05, 3.63) is 48.0 Å². The Morgan fingerprint density at radius 1 is 1.00 bits per heavy atom. The van der Waals surface area contributed by atoms with E-state index in [0.29, 0.717) is 0 Å². The quantitative estimate of drug-likeness (QED) is 0.801. The van der Waals surface area contributed by atoms with Gasteiger partial charge in [0.25, 0.3) is 0 Å². The van der Waals surface area contributed by atoms with Crippen molar-refractivity contribution in [1.82, 2.24) is 0 Å². The van der Waals surface area contributed by atoms with Crippen LogP contribution in [0.5, 0.6) is 0 Å². The van der Waals surface area contributed by atoms with E-state index in [4.69, 9.17) is 4.42 Å². The van der Waals surface area contributed by atoms with Gasteiger partial charge in [0, 0.05) is 37.4 Å². The molecule has 2 aromatic rings. The summed E-state index contributed by atoms with van der Waals surface area (Å²) in [4.78, 5) is 2.37. The van der Waals surface area contributed by atoms with Gasteiger partial charge in [-0.3, -0.25) is 0 Å². The summed E-state index contributed by atoms with van der Waals surface area (Å²) in [6.45, 7) is 2.23. The molecule has 0 N–H and O–H groups in total. The molecule has 0 unspecified atom stereocenters. The fourth-order valence-corrected chi connectivity index (χ4v) is 2.77. The molecule has 1 aliphatic rings. The Morgan fingerprint density at radius 2 is 1.81 bits per heavy atom. The third-order valence-corrected chi connectivity index (χ3v) is 4.04. The smallest absolute Gasteiger partial charge is 0.205 e. The molecule has 0 bridgehead atoms. The number of anilines is 1. The van der Waals surface area contributed by atoms with Crippen LogP contribution in [0.3, 0.4) is 0 Å². The number of hydrogen-bond donors (Lipinski definition) is 0. The molecule has 0 aromatic carbocycles. The first kappa shape index (κ1) is 13.9. The van der Waals surface area contributed by atoms with E-state index in [-0.39, 0.29) is 0 Å². The molecule has 0 saturated carbocycles. The van der Waals surface area contributed by atoms with Gasteiger partial charge in [0.1, 0.15) is 12.8 Å². The Morgan fingerprint density at radius 3 is 2.57 bits per heavy atom. The summed E-state index contributed by atoms with van der Waals surface area (Å²) in [5.41, 5.74) is 1.16. The highest BCUT2D eigenvalue weighted by Gasteiger charge is 2.12. The molecule has 3 rings (SSSR count). The number of aromatic nitrogens is 1. The summed E-state index contributed by atoms with van der Waals surface area (Å²) < 4.78 is 8.06. The summed E-state index contributed by atoms with van der Waals surface area (Å²) in [6, 6.07) is 10.3. The van der Waals surface area contributed by atoms with Gasteiger partial charge in [-0.15, -0.1) is 0 Å². The second-order valence-corrected chi connectivity index (χ2v) is 5.65. The van der Waals surface area contributed by atoms with Crippen molar-refractivity contribution in [1.29, 1.82) is 0 Å². The van der Waals surface area contributed by atoms with Crippen LogP contribution in [0.1, 0.15) is 37.1 Å². The number of rotatable bonds is 3. The van der Waals surface area contributed by atoms with Gasteiger partial charge in [-0.05, 0) is 31.1 Å². The highest BCUT2D eigenvalue weighted by Crippen LogP contribution is 2.23. The van der Waals surface area contributed by atoms with Crippen LogP contribution in [0.2, 0.25) is 0 Å². The van der Waals surface area contributed by atoms with Gasteiger partial charge in [-0.2, -0.15) is 0 Å². The summed E-state index contributed by atoms with van der Waals surface area (Å²) in [5.74, 6) is 1.92. The molecule has 0 radical (unpaired) electrons. The lowest BCUT2D eigenvalue weighted by molar-refractivity contribution is -0.673. The topological polar surface area (TPSA) is 20.3 Å². The van der Waals surface area contributed by atoms with E-state index in [1.165, 1.54) is 25.7 Å². The zero-order valence-electron chi connectivity index (χ0n) is 12.7. The van der Waals surface area contributed by atoms with Gasteiger partial charge in [0.2, 0.25) is 5.69 Å². The molecule has 2 aromatic heterocycles. The maximum atomic E-state index is 5.97. The molecule has 0 spiro atoms. The Bertz CT molecular complexity index is 607. The molecule has 3 nitrogen and oxygen atoms in total. The standard InChI is InChI=1S/C18H23N2O/c1-19-13-7-4-8-16(19)9-10-17-11-12-18(21-17)20-14-5-2-3-6-15-20/h4,7-13H,2-3,5-6,14-15H2,1H3/q+1. The van der Waals surface area contributed by atoms with E-state index in [1.54, 1.807) is 0 Å². The van der Waals surface area contributed by atoms with Crippen LogP contribution in [-0.2, 0) is 7.05 Å². The van der Waals surface area contributed by atoms with Crippen molar-refractivity contribution in [2.24, 2.45) is 7.05 Å². The van der Waals surface area contributed by atoms with E-state index >= 15 is 0 Å². The fraction of sp³-hybridized carbons (Fsp3) is 0.389. The number of pyridine rings is 1. The Balaban J connectivity index is 1.71. The first-order chi connectivity index (χ1) is 10.3. The molecule has 1 fully saturated rings. The lowest BCUT2D eigenvalue weighted by atomic mass is 10.2. The summed E-state index contributed by atoms with van der Waals surface area (Å²) in [5, 5.41) is 0. The number of hydrogen-bond acceptors (Lipinski definition) is 2. The van der Waals surface area contributed by atoms with Gasteiger partial charge in [-0.1, -0.05) is 12.8 Å². The van der Waals surface area contributed by atoms with E-state index in [1.807, 2.05) is 31.5 Å². The monoisotopic (exact) mass is 283 g/mol. The zero-order chi connectivity index (χ0) is 14.5. The van der Waals surface area contributed by atoms with Crippen LogP contribution >= 0.6 is 0 Å². The Labute approximate surface area is 126 Å². The zero-order valence-corrected chi connectivity index (χ0v) is 12.7. The normalized spacial score (nSPS) is 16.3. The molecule has 3 heteroatoms. The van der Waals surface area contributed by atoms with Gasteiger partial charge in [0.15, 0.2) is 12.1 Å². The second kappa shape index (κ2) is 6.61. The lowest BCUT2D eigenvalue weighted by Crippen LogP contribution is -2.30. The summed E-state index contributed by atoms with van der Waals surface area (Å²) >= 11 is 0. The van der Waals surface area contributed by atoms with E-state index in [9.17, 15) is 0 Å². The average Bonchev–Trinajstić information content (AvgIpc) is 2.80. The SMILES string of the molecule is C[n+]1ccccc1/C=C/c1ccc(N2CCCCCC2)o1. The molecule has 1 saturated heterocycles. The van der Waals surface area contributed by atoms with Crippen molar-refractivity contribution < 1.29 is 8.98 Å². The van der Waals surface area contributed by atoms with Crippen LogP contribution < -0.4 is 9.47 Å². The van der Waals surface area contributed by atoms with Crippen molar-refractivity contribution >= 4 is 18.0 Å². The lowest BCUT2D eigenvalue weighted by Gasteiger charge is -2.18. The van der Waals surface area contributed by atoms with Crippen LogP contribution in [-0.4, -0.2) is 13.1 Å². The van der Waals surface area contributed by atoms with Gasteiger partial charge in [-0.25, -0.2) is 4.57 Å². The van der Waals surface area contributed by atoms with E-state index in [2.05, 4.69) is 33.7 Å². The predicted molar refractivity (Wildman–Crippen MR) is 85.9 cm³/mol.